The molecule has 1 aromatic carbocycles. The minimum absolute atomic E-state index is 0.575. The molecule has 0 saturated heterocycles. The first kappa shape index (κ1) is 12.0. The van der Waals surface area contributed by atoms with Crippen molar-refractivity contribution in [2.75, 3.05) is 5.32 Å². The Kier molecular flexibility index (Phi) is 4.02. The molecule has 2 aromatic rings. The maximum Gasteiger partial charge on any atom is 0.0671 e. The van der Waals surface area contributed by atoms with Crippen LogP contribution in [-0.4, -0.2) is 16.2 Å². The molecule has 0 aliphatic carbocycles. The van der Waals surface area contributed by atoms with Crippen molar-refractivity contribution in [1.29, 1.82) is 0 Å². The zero-order chi connectivity index (χ0) is 12.1. The average molecular weight is 231 g/mol. The van der Waals surface area contributed by atoms with E-state index in [0.29, 0.717) is 6.04 Å². The molecule has 92 valence electrons. The van der Waals surface area contributed by atoms with E-state index in [4.69, 9.17) is 0 Å². The van der Waals surface area contributed by atoms with E-state index in [1.165, 1.54) is 36.8 Å². The number of aromatic amines is 1. The zero-order valence-corrected chi connectivity index (χ0v) is 10.7. The molecule has 3 heteroatoms. The summed E-state index contributed by atoms with van der Waals surface area (Å²) < 4.78 is 0. The summed E-state index contributed by atoms with van der Waals surface area (Å²) in [5, 5.41) is 11.9. The van der Waals surface area contributed by atoms with E-state index < -0.39 is 0 Å². The summed E-state index contributed by atoms with van der Waals surface area (Å²) >= 11 is 0. The lowest BCUT2D eigenvalue weighted by Crippen LogP contribution is -2.18. The third-order valence-electron chi connectivity index (χ3n) is 3.12. The fourth-order valence-electron chi connectivity index (χ4n) is 2.30. The molecule has 0 radical (unpaired) electrons. The van der Waals surface area contributed by atoms with Gasteiger partial charge in [-0.1, -0.05) is 32.8 Å². The fourth-order valence-corrected chi connectivity index (χ4v) is 2.30. The molecule has 0 spiro atoms. The van der Waals surface area contributed by atoms with Gasteiger partial charge in [-0.15, -0.1) is 0 Å². The van der Waals surface area contributed by atoms with Crippen LogP contribution >= 0.6 is 0 Å². The summed E-state index contributed by atoms with van der Waals surface area (Å²) in [4.78, 5) is 0. The van der Waals surface area contributed by atoms with Crippen molar-refractivity contribution in [3.63, 3.8) is 0 Å². The smallest absolute Gasteiger partial charge is 0.0671 e. The lowest BCUT2D eigenvalue weighted by Gasteiger charge is -2.19. The topological polar surface area (TPSA) is 40.7 Å². The summed E-state index contributed by atoms with van der Waals surface area (Å²) in [6.45, 7) is 4.48. The number of rotatable bonds is 6. The van der Waals surface area contributed by atoms with Gasteiger partial charge in [-0.25, -0.2) is 0 Å². The first-order valence-corrected chi connectivity index (χ1v) is 6.53. The van der Waals surface area contributed by atoms with Gasteiger partial charge in [0.25, 0.3) is 0 Å². The molecule has 0 bridgehead atoms. The van der Waals surface area contributed by atoms with Crippen molar-refractivity contribution in [1.82, 2.24) is 10.2 Å². The summed E-state index contributed by atoms with van der Waals surface area (Å²) in [5.41, 5.74) is 2.30. The van der Waals surface area contributed by atoms with Crippen molar-refractivity contribution >= 4 is 16.6 Å². The number of nitrogens with one attached hydrogen (secondary N) is 2. The highest BCUT2D eigenvalue weighted by molar-refractivity contribution is 5.90. The number of nitrogens with zero attached hydrogens (tertiary/aromatic N) is 1. The second-order valence-electron chi connectivity index (χ2n) is 4.56. The molecule has 2 rings (SSSR count). The van der Waals surface area contributed by atoms with Crippen LogP contribution < -0.4 is 5.32 Å². The highest BCUT2D eigenvalue weighted by Crippen LogP contribution is 2.23. The van der Waals surface area contributed by atoms with Gasteiger partial charge in [0.2, 0.25) is 0 Å². The van der Waals surface area contributed by atoms with Crippen molar-refractivity contribution in [3.8, 4) is 0 Å². The standard InChI is InChI=1S/C14H21N3/c1-3-6-11(7-4-2)16-13-8-5-9-14-12(13)10-15-17-14/h5,8-11,16H,3-4,6-7H2,1-2H3,(H,15,17). The molecule has 0 fully saturated rings. The molecule has 1 aromatic heterocycles. The minimum Gasteiger partial charge on any atom is -0.382 e. The van der Waals surface area contributed by atoms with Crippen LogP contribution in [0.5, 0.6) is 0 Å². The molecule has 17 heavy (non-hydrogen) atoms. The average Bonchev–Trinajstić information content (AvgIpc) is 2.79. The van der Waals surface area contributed by atoms with Crippen LogP contribution in [0.4, 0.5) is 5.69 Å². The SMILES string of the molecule is CCCC(CCC)Nc1cccc2[nH]ncc12. The number of fused-ring (bicyclic) bond motifs is 1. The van der Waals surface area contributed by atoms with Gasteiger partial charge in [0, 0.05) is 17.1 Å². The van der Waals surface area contributed by atoms with Gasteiger partial charge in [0.05, 0.1) is 11.7 Å². The Labute approximate surface area is 103 Å². The Balaban J connectivity index is 2.18. The Bertz CT molecular complexity index is 455. The first-order chi connectivity index (χ1) is 8.35. The van der Waals surface area contributed by atoms with E-state index >= 15 is 0 Å². The second-order valence-corrected chi connectivity index (χ2v) is 4.56. The predicted octanol–water partition coefficient (Wildman–Crippen LogP) is 3.94. The molecule has 1 heterocycles. The molecule has 0 amide bonds. The van der Waals surface area contributed by atoms with Gasteiger partial charge in [0.1, 0.15) is 0 Å². The molecule has 0 aliphatic heterocycles. The summed E-state index contributed by atoms with van der Waals surface area (Å²) in [6.07, 6.45) is 6.79. The van der Waals surface area contributed by atoms with Gasteiger partial charge < -0.3 is 5.32 Å². The fraction of sp³-hybridized carbons (Fsp3) is 0.500. The highest BCUT2D eigenvalue weighted by atomic mass is 15.1. The van der Waals surface area contributed by atoms with E-state index in [0.717, 1.165) is 5.52 Å². The quantitative estimate of drug-likeness (QED) is 0.790. The number of benzene rings is 1. The number of H-pyrrole nitrogens is 1. The number of anilines is 1. The van der Waals surface area contributed by atoms with Crippen molar-refractivity contribution in [2.24, 2.45) is 0 Å². The summed E-state index contributed by atoms with van der Waals surface area (Å²) in [5.74, 6) is 0. The molecule has 2 N–H and O–H groups in total. The Morgan fingerprint density at radius 1 is 1.24 bits per heavy atom. The molecule has 0 unspecified atom stereocenters. The van der Waals surface area contributed by atoms with Crippen LogP contribution in [0, 0.1) is 0 Å². The van der Waals surface area contributed by atoms with Crippen LogP contribution in [-0.2, 0) is 0 Å². The maximum absolute atomic E-state index is 4.10. The van der Waals surface area contributed by atoms with Crippen LogP contribution in [0.25, 0.3) is 10.9 Å². The predicted molar refractivity (Wildman–Crippen MR) is 73.3 cm³/mol. The Morgan fingerprint density at radius 2 is 2.00 bits per heavy atom. The number of hydrogen-bond acceptors (Lipinski definition) is 2. The van der Waals surface area contributed by atoms with E-state index in [1.54, 1.807) is 0 Å². The Hall–Kier alpha value is -1.51. The maximum atomic E-state index is 4.10. The van der Waals surface area contributed by atoms with E-state index in [9.17, 15) is 0 Å². The van der Waals surface area contributed by atoms with Crippen LogP contribution in [0.3, 0.4) is 0 Å². The van der Waals surface area contributed by atoms with Crippen LogP contribution in [0.15, 0.2) is 24.4 Å². The van der Waals surface area contributed by atoms with Gasteiger partial charge >= 0.3 is 0 Å². The van der Waals surface area contributed by atoms with E-state index in [-0.39, 0.29) is 0 Å². The third kappa shape index (κ3) is 2.78. The van der Waals surface area contributed by atoms with Crippen molar-refractivity contribution < 1.29 is 0 Å². The first-order valence-electron chi connectivity index (χ1n) is 6.53. The van der Waals surface area contributed by atoms with Gasteiger partial charge in [0.15, 0.2) is 0 Å². The van der Waals surface area contributed by atoms with Crippen LogP contribution in [0.2, 0.25) is 0 Å². The molecule has 0 atom stereocenters. The molecular formula is C14H21N3. The summed E-state index contributed by atoms with van der Waals surface area (Å²) in [6, 6.07) is 6.83. The van der Waals surface area contributed by atoms with Gasteiger partial charge in [-0.2, -0.15) is 5.10 Å². The third-order valence-corrected chi connectivity index (χ3v) is 3.12. The van der Waals surface area contributed by atoms with Crippen LogP contribution in [0.1, 0.15) is 39.5 Å². The summed E-state index contributed by atoms with van der Waals surface area (Å²) in [7, 11) is 0. The Morgan fingerprint density at radius 3 is 2.71 bits per heavy atom. The highest BCUT2D eigenvalue weighted by Gasteiger charge is 2.09. The molecule has 0 aliphatic rings. The van der Waals surface area contributed by atoms with Gasteiger partial charge in [-0.05, 0) is 25.0 Å². The van der Waals surface area contributed by atoms with Gasteiger partial charge in [-0.3, -0.25) is 5.10 Å². The lowest BCUT2D eigenvalue weighted by molar-refractivity contribution is 0.587. The zero-order valence-electron chi connectivity index (χ0n) is 10.7. The monoisotopic (exact) mass is 231 g/mol. The number of aromatic nitrogens is 2. The number of hydrogen-bond donors (Lipinski definition) is 2. The minimum atomic E-state index is 0.575. The largest absolute Gasteiger partial charge is 0.382 e. The normalized spacial score (nSPS) is 11.2. The van der Waals surface area contributed by atoms with Crippen molar-refractivity contribution in [3.05, 3.63) is 24.4 Å². The van der Waals surface area contributed by atoms with Crippen molar-refractivity contribution in [2.45, 2.75) is 45.6 Å². The van der Waals surface area contributed by atoms with E-state index in [2.05, 4.69) is 47.6 Å². The molecule has 3 nitrogen and oxygen atoms in total. The lowest BCUT2D eigenvalue weighted by atomic mass is 10.1. The molecule has 0 saturated carbocycles. The second kappa shape index (κ2) is 5.71. The molecular weight excluding hydrogens is 210 g/mol. The van der Waals surface area contributed by atoms with E-state index in [1.807, 2.05) is 6.20 Å².